The summed E-state index contributed by atoms with van der Waals surface area (Å²) in [5, 5.41) is 3.47. The van der Waals surface area contributed by atoms with Gasteiger partial charge >= 0.3 is 0 Å². The summed E-state index contributed by atoms with van der Waals surface area (Å²) in [4.78, 5) is 14.9. The molecule has 4 aliphatic rings. The maximum Gasteiger partial charge on any atom is 0.219 e. The van der Waals surface area contributed by atoms with Gasteiger partial charge in [-0.3, -0.25) is 4.79 Å². The van der Waals surface area contributed by atoms with E-state index < -0.39 is 0 Å². The lowest BCUT2D eigenvalue weighted by Gasteiger charge is -2.53. The number of nitrogens with one attached hydrogen (secondary N) is 1. The zero-order chi connectivity index (χ0) is 21.8. The molecule has 0 aromatic heterocycles. The molecule has 5 heteroatoms. The predicted molar refractivity (Wildman–Crippen MR) is 122 cm³/mol. The summed E-state index contributed by atoms with van der Waals surface area (Å²) in [5.41, 5.74) is 4.27. The third-order valence-corrected chi connectivity index (χ3v) is 9.07. The summed E-state index contributed by atoms with van der Waals surface area (Å²) in [6, 6.07) is 7.15. The Bertz CT molecular complexity index is 847. The highest BCUT2D eigenvalue weighted by Gasteiger charge is 2.68. The predicted octanol–water partition coefficient (Wildman–Crippen LogP) is 4.24. The minimum absolute atomic E-state index is 0.134. The largest absolute Gasteiger partial charge is 0.378 e. The van der Waals surface area contributed by atoms with Gasteiger partial charge in [0.1, 0.15) is 0 Å². The summed E-state index contributed by atoms with van der Waals surface area (Å²) in [5.74, 6) is 1.32. The highest BCUT2D eigenvalue weighted by molar-refractivity contribution is 5.76. The van der Waals surface area contributed by atoms with Crippen LogP contribution in [0.5, 0.6) is 0 Å². The van der Waals surface area contributed by atoms with Gasteiger partial charge in [0.05, 0.1) is 19.3 Å². The van der Waals surface area contributed by atoms with E-state index in [4.69, 9.17) is 9.47 Å². The van der Waals surface area contributed by atoms with E-state index in [0.717, 1.165) is 39.3 Å². The smallest absolute Gasteiger partial charge is 0.219 e. The molecule has 1 spiro atoms. The third-order valence-electron chi connectivity index (χ3n) is 9.07. The number of carbonyl (C=O) groups excluding carboxylic acids is 1. The standard InChI is InChI=1S/C26H38N2O3/c1-5-22(29)27-24-25(3,4)18-15-21-23(31-11-8-26(21,24)16-18)20-7-6-19(14-17(20)2)28-9-12-30-13-10-28/h6-7,14,18,21,23-24H,5,8-13,15-16H2,1-4H3,(H,27,29)/t18-,21-,23-,24-,26?/m1/s1. The average Bonchev–Trinajstić information content (AvgIpc) is 3.26. The molecular weight excluding hydrogens is 388 g/mol. The van der Waals surface area contributed by atoms with Crippen LogP contribution in [0.1, 0.15) is 63.7 Å². The Morgan fingerprint density at radius 1 is 1.23 bits per heavy atom. The van der Waals surface area contributed by atoms with Crippen LogP contribution < -0.4 is 10.2 Å². The van der Waals surface area contributed by atoms with Crippen molar-refractivity contribution in [2.24, 2.45) is 22.7 Å². The fourth-order valence-electron chi connectivity index (χ4n) is 7.36. The fraction of sp³-hybridized carbons (Fsp3) is 0.731. The molecule has 5 nitrogen and oxygen atoms in total. The van der Waals surface area contributed by atoms with Gasteiger partial charge in [-0.2, -0.15) is 0 Å². The zero-order valence-corrected chi connectivity index (χ0v) is 19.6. The molecule has 5 rings (SSSR count). The molecule has 1 amide bonds. The number of benzene rings is 1. The van der Waals surface area contributed by atoms with Crippen molar-refractivity contribution >= 4 is 11.6 Å². The number of hydrogen-bond donors (Lipinski definition) is 1. The third kappa shape index (κ3) is 3.31. The minimum atomic E-state index is 0.134. The number of hydrogen-bond acceptors (Lipinski definition) is 4. The number of rotatable bonds is 4. The molecular formula is C26H38N2O3. The van der Waals surface area contributed by atoms with Gasteiger partial charge < -0.3 is 19.7 Å². The lowest BCUT2D eigenvalue weighted by atomic mass is 9.58. The Balaban J connectivity index is 1.44. The van der Waals surface area contributed by atoms with Crippen molar-refractivity contribution in [3.8, 4) is 0 Å². The van der Waals surface area contributed by atoms with Crippen molar-refractivity contribution in [1.29, 1.82) is 0 Å². The highest BCUT2D eigenvalue weighted by Crippen LogP contribution is 2.70. The Labute approximate surface area is 186 Å². The van der Waals surface area contributed by atoms with Crippen LogP contribution in [0.3, 0.4) is 0 Å². The molecule has 2 heterocycles. The Kier molecular flexibility index (Phi) is 5.33. The molecule has 4 fully saturated rings. The second-order valence-electron chi connectivity index (χ2n) is 10.8. The van der Waals surface area contributed by atoms with Crippen molar-refractivity contribution in [3.63, 3.8) is 0 Å². The van der Waals surface area contributed by atoms with Gasteiger partial charge in [-0.05, 0) is 72.1 Å². The Morgan fingerprint density at radius 3 is 2.71 bits per heavy atom. The second kappa shape index (κ2) is 7.77. The molecule has 31 heavy (non-hydrogen) atoms. The normalized spacial score (nSPS) is 36.3. The summed E-state index contributed by atoms with van der Waals surface area (Å²) >= 11 is 0. The summed E-state index contributed by atoms with van der Waals surface area (Å²) in [6.07, 6.45) is 4.19. The van der Waals surface area contributed by atoms with Crippen molar-refractivity contribution < 1.29 is 14.3 Å². The second-order valence-corrected chi connectivity index (χ2v) is 10.8. The first-order chi connectivity index (χ1) is 14.9. The number of fused-ring (bicyclic) bond motifs is 1. The molecule has 2 saturated carbocycles. The monoisotopic (exact) mass is 426 g/mol. The maximum absolute atomic E-state index is 12.4. The topological polar surface area (TPSA) is 50.8 Å². The van der Waals surface area contributed by atoms with E-state index in [1.54, 1.807) is 0 Å². The van der Waals surface area contributed by atoms with Gasteiger partial charge in [-0.1, -0.05) is 26.8 Å². The van der Waals surface area contributed by atoms with Crippen LogP contribution in [-0.4, -0.2) is 44.9 Å². The van der Waals surface area contributed by atoms with Crippen LogP contribution in [0.15, 0.2) is 18.2 Å². The van der Waals surface area contributed by atoms with Gasteiger partial charge in [-0.25, -0.2) is 0 Å². The van der Waals surface area contributed by atoms with Gasteiger partial charge in [0.15, 0.2) is 0 Å². The number of morpholine rings is 1. The van der Waals surface area contributed by atoms with E-state index in [1.165, 1.54) is 29.7 Å². The van der Waals surface area contributed by atoms with Crippen molar-refractivity contribution in [1.82, 2.24) is 5.32 Å². The summed E-state index contributed by atoms with van der Waals surface area (Å²) < 4.78 is 12.0. The maximum atomic E-state index is 12.4. The first-order valence-electron chi connectivity index (χ1n) is 12.2. The Hall–Kier alpha value is -1.59. The number of amides is 1. The van der Waals surface area contributed by atoms with Gasteiger partial charge in [0, 0.05) is 37.8 Å². The molecule has 1 N–H and O–H groups in total. The van der Waals surface area contributed by atoms with E-state index in [1.807, 2.05) is 6.92 Å². The molecule has 5 atom stereocenters. The Morgan fingerprint density at radius 2 is 2.00 bits per heavy atom. The number of ether oxygens (including phenoxy) is 2. The van der Waals surface area contributed by atoms with Crippen molar-refractivity contribution in [2.45, 2.75) is 65.5 Å². The van der Waals surface area contributed by atoms with E-state index in [2.05, 4.69) is 49.2 Å². The first kappa shape index (κ1) is 21.3. The van der Waals surface area contributed by atoms with Crippen LogP contribution in [0.25, 0.3) is 0 Å². The van der Waals surface area contributed by atoms with Crippen LogP contribution in [0.4, 0.5) is 5.69 Å². The molecule has 2 aliphatic heterocycles. The van der Waals surface area contributed by atoms with Crippen molar-refractivity contribution in [2.75, 3.05) is 37.8 Å². The molecule has 2 aliphatic carbocycles. The average molecular weight is 427 g/mol. The molecule has 2 saturated heterocycles. The van der Waals surface area contributed by atoms with Crippen LogP contribution in [0.2, 0.25) is 0 Å². The lowest BCUT2D eigenvalue weighted by Crippen LogP contribution is -2.58. The minimum Gasteiger partial charge on any atom is -0.378 e. The lowest BCUT2D eigenvalue weighted by molar-refractivity contribution is -0.137. The van der Waals surface area contributed by atoms with Crippen LogP contribution in [-0.2, 0) is 14.3 Å². The SMILES string of the molecule is CCC(=O)N[C@@H]1C(C)(C)[C@@H]2C[C@@H]3[C@@H](c4ccc(N5CCOCC5)cc4C)OCCC31C2. The highest BCUT2D eigenvalue weighted by atomic mass is 16.5. The number of aryl methyl sites for hydroxylation is 1. The summed E-state index contributed by atoms with van der Waals surface area (Å²) in [7, 11) is 0. The molecule has 170 valence electrons. The van der Waals surface area contributed by atoms with E-state index in [0.29, 0.717) is 18.3 Å². The van der Waals surface area contributed by atoms with E-state index >= 15 is 0 Å². The molecule has 1 aromatic carbocycles. The number of anilines is 1. The quantitative estimate of drug-likeness (QED) is 0.782. The molecule has 1 aromatic rings. The molecule has 0 radical (unpaired) electrons. The van der Waals surface area contributed by atoms with Gasteiger partial charge in [-0.15, -0.1) is 0 Å². The van der Waals surface area contributed by atoms with E-state index in [9.17, 15) is 4.79 Å². The van der Waals surface area contributed by atoms with Gasteiger partial charge in [0.25, 0.3) is 0 Å². The van der Waals surface area contributed by atoms with Crippen LogP contribution >= 0.6 is 0 Å². The van der Waals surface area contributed by atoms with Crippen molar-refractivity contribution in [3.05, 3.63) is 29.3 Å². The fourth-order valence-corrected chi connectivity index (χ4v) is 7.36. The van der Waals surface area contributed by atoms with Gasteiger partial charge in [0.2, 0.25) is 5.91 Å². The van der Waals surface area contributed by atoms with E-state index in [-0.39, 0.29) is 28.9 Å². The first-order valence-corrected chi connectivity index (χ1v) is 12.2. The molecule has 2 bridgehead atoms. The molecule has 1 unspecified atom stereocenters. The van der Waals surface area contributed by atoms with Crippen LogP contribution in [0, 0.1) is 29.6 Å². The zero-order valence-electron chi connectivity index (χ0n) is 19.6. The number of carbonyl (C=O) groups is 1. The summed E-state index contributed by atoms with van der Waals surface area (Å²) in [6.45, 7) is 13.2. The number of nitrogens with zero attached hydrogens (tertiary/aromatic N) is 1.